The zero-order valence-electron chi connectivity index (χ0n) is 6.91. The van der Waals surface area contributed by atoms with E-state index in [9.17, 15) is 9.59 Å². The van der Waals surface area contributed by atoms with Gasteiger partial charge in [0, 0.05) is 13.1 Å². The molecule has 1 fully saturated rings. The Labute approximate surface area is 70.4 Å². The molecule has 2 amide bonds. The average molecular weight is 172 g/mol. The van der Waals surface area contributed by atoms with Crippen molar-refractivity contribution in [3.63, 3.8) is 0 Å². The standard InChI is InChI=1S/C7H12N2O3/c1-2-9-4-5(3-6(10)11)8-7(9)12/h5H,2-4H2,1H3,(H,8,12)(H,10,11). The van der Waals surface area contributed by atoms with E-state index in [2.05, 4.69) is 5.32 Å². The Morgan fingerprint density at radius 1 is 1.83 bits per heavy atom. The fourth-order valence-electron chi connectivity index (χ4n) is 1.26. The summed E-state index contributed by atoms with van der Waals surface area (Å²) in [5, 5.41) is 11.0. The molecule has 5 heteroatoms. The minimum Gasteiger partial charge on any atom is -0.481 e. The Morgan fingerprint density at radius 2 is 2.50 bits per heavy atom. The summed E-state index contributed by atoms with van der Waals surface area (Å²) in [7, 11) is 0. The first kappa shape index (κ1) is 8.83. The number of aliphatic carboxylic acids is 1. The predicted octanol–water partition coefficient (Wildman–Crippen LogP) is -0.125. The number of carboxylic acid groups (broad SMARTS) is 1. The normalized spacial score (nSPS) is 22.6. The second-order valence-electron chi connectivity index (χ2n) is 2.78. The van der Waals surface area contributed by atoms with Gasteiger partial charge < -0.3 is 15.3 Å². The van der Waals surface area contributed by atoms with Gasteiger partial charge in [0.05, 0.1) is 12.5 Å². The quantitative estimate of drug-likeness (QED) is 0.623. The number of amides is 2. The van der Waals surface area contributed by atoms with Crippen LogP contribution in [0.1, 0.15) is 13.3 Å². The van der Waals surface area contributed by atoms with Gasteiger partial charge in [-0.2, -0.15) is 0 Å². The van der Waals surface area contributed by atoms with E-state index in [0.717, 1.165) is 0 Å². The molecule has 1 saturated heterocycles. The summed E-state index contributed by atoms with van der Waals surface area (Å²) in [6.45, 7) is 2.99. The van der Waals surface area contributed by atoms with Crippen molar-refractivity contribution in [2.75, 3.05) is 13.1 Å². The molecule has 12 heavy (non-hydrogen) atoms. The van der Waals surface area contributed by atoms with Gasteiger partial charge in [-0.1, -0.05) is 0 Å². The monoisotopic (exact) mass is 172 g/mol. The molecule has 1 aliphatic rings. The zero-order valence-corrected chi connectivity index (χ0v) is 6.91. The first-order valence-electron chi connectivity index (χ1n) is 3.90. The molecule has 0 aromatic carbocycles. The van der Waals surface area contributed by atoms with Crippen LogP contribution in [-0.4, -0.2) is 41.1 Å². The highest BCUT2D eigenvalue weighted by Gasteiger charge is 2.28. The van der Waals surface area contributed by atoms with Crippen LogP contribution in [0.25, 0.3) is 0 Å². The molecule has 68 valence electrons. The minimum absolute atomic E-state index is 0.00222. The van der Waals surface area contributed by atoms with E-state index < -0.39 is 5.97 Å². The highest BCUT2D eigenvalue weighted by atomic mass is 16.4. The van der Waals surface area contributed by atoms with Crippen molar-refractivity contribution in [3.8, 4) is 0 Å². The van der Waals surface area contributed by atoms with E-state index in [1.54, 1.807) is 4.90 Å². The predicted molar refractivity (Wildman–Crippen MR) is 41.8 cm³/mol. The van der Waals surface area contributed by atoms with Gasteiger partial charge in [-0.25, -0.2) is 4.79 Å². The SMILES string of the molecule is CCN1CC(CC(=O)O)NC1=O. The van der Waals surface area contributed by atoms with Crippen molar-refractivity contribution in [2.45, 2.75) is 19.4 Å². The Kier molecular flexibility index (Phi) is 2.52. The van der Waals surface area contributed by atoms with Crippen LogP contribution in [0.3, 0.4) is 0 Å². The lowest BCUT2D eigenvalue weighted by Gasteiger charge is -2.09. The Hall–Kier alpha value is -1.26. The second-order valence-corrected chi connectivity index (χ2v) is 2.78. The molecule has 0 bridgehead atoms. The van der Waals surface area contributed by atoms with Crippen molar-refractivity contribution in [2.24, 2.45) is 0 Å². The van der Waals surface area contributed by atoms with Gasteiger partial charge in [0.25, 0.3) is 0 Å². The molecular formula is C7H12N2O3. The van der Waals surface area contributed by atoms with E-state index in [0.29, 0.717) is 13.1 Å². The Morgan fingerprint density at radius 3 is 2.92 bits per heavy atom. The number of rotatable bonds is 3. The van der Waals surface area contributed by atoms with E-state index in [1.165, 1.54) is 0 Å². The van der Waals surface area contributed by atoms with E-state index in [4.69, 9.17) is 5.11 Å². The first-order chi connectivity index (χ1) is 5.63. The molecule has 0 aromatic rings. The fourth-order valence-corrected chi connectivity index (χ4v) is 1.26. The molecule has 1 rings (SSSR count). The van der Waals surface area contributed by atoms with Gasteiger partial charge >= 0.3 is 12.0 Å². The number of hydrogen-bond acceptors (Lipinski definition) is 2. The van der Waals surface area contributed by atoms with Crippen LogP contribution in [0.5, 0.6) is 0 Å². The van der Waals surface area contributed by atoms with Crippen molar-refractivity contribution in [1.82, 2.24) is 10.2 Å². The van der Waals surface area contributed by atoms with Crippen LogP contribution in [0.4, 0.5) is 4.79 Å². The van der Waals surface area contributed by atoms with E-state index >= 15 is 0 Å². The molecule has 0 aromatic heterocycles. The molecule has 1 aliphatic heterocycles. The number of nitrogens with one attached hydrogen (secondary N) is 1. The van der Waals surface area contributed by atoms with Gasteiger partial charge in [-0.15, -0.1) is 0 Å². The molecule has 0 aliphatic carbocycles. The maximum Gasteiger partial charge on any atom is 0.317 e. The molecule has 5 nitrogen and oxygen atoms in total. The number of likely N-dealkylation sites (N-methyl/N-ethyl adjacent to an activating group) is 1. The first-order valence-corrected chi connectivity index (χ1v) is 3.90. The highest BCUT2D eigenvalue weighted by Crippen LogP contribution is 2.05. The van der Waals surface area contributed by atoms with Gasteiger partial charge in [-0.05, 0) is 6.92 Å². The number of nitrogens with zero attached hydrogens (tertiary/aromatic N) is 1. The number of carbonyl (C=O) groups is 2. The van der Waals surface area contributed by atoms with Crippen LogP contribution in [0.2, 0.25) is 0 Å². The lowest BCUT2D eigenvalue weighted by Crippen LogP contribution is -2.29. The Bertz CT molecular complexity index is 205. The lowest BCUT2D eigenvalue weighted by atomic mass is 10.2. The maximum atomic E-state index is 11.0. The van der Waals surface area contributed by atoms with Crippen LogP contribution < -0.4 is 5.32 Å². The summed E-state index contributed by atoms with van der Waals surface area (Å²) in [6, 6.07) is -0.390. The van der Waals surface area contributed by atoms with Crippen molar-refractivity contribution >= 4 is 12.0 Å². The highest BCUT2D eigenvalue weighted by molar-refractivity contribution is 5.78. The summed E-state index contributed by atoms with van der Waals surface area (Å²) in [4.78, 5) is 22.9. The van der Waals surface area contributed by atoms with Crippen molar-refractivity contribution in [1.29, 1.82) is 0 Å². The van der Waals surface area contributed by atoms with Crippen molar-refractivity contribution < 1.29 is 14.7 Å². The summed E-state index contributed by atoms with van der Waals surface area (Å²) in [6.07, 6.45) is 0.00222. The summed E-state index contributed by atoms with van der Waals surface area (Å²) < 4.78 is 0. The van der Waals surface area contributed by atoms with Crippen molar-refractivity contribution in [3.05, 3.63) is 0 Å². The number of carboxylic acids is 1. The van der Waals surface area contributed by atoms with Gasteiger partial charge in [0.1, 0.15) is 0 Å². The number of carbonyl (C=O) groups excluding carboxylic acids is 1. The van der Waals surface area contributed by atoms with E-state index in [1.807, 2.05) is 6.92 Å². The average Bonchev–Trinajstić information content (AvgIpc) is 2.29. The number of urea groups is 1. The summed E-state index contributed by atoms with van der Waals surface area (Å²) >= 11 is 0. The van der Waals surface area contributed by atoms with Gasteiger partial charge in [0.15, 0.2) is 0 Å². The summed E-state index contributed by atoms with van der Waals surface area (Å²) in [5.41, 5.74) is 0. The molecule has 2 N–H and O–H groups in total. The second kappa shape index (κ2) is 3.42. The molecular weight excluding hydrogens is 160 g/mol. The molecule has 0 spiro atoms. The van der Waals surface area contributed by atoms with Crippen LogP contribution >= 0.6 is 0 Å². The zero-order chi connectivity index (χ0) is 9.14. The third-order valence-corrected chi connectivity index (χ3v) is 1.86. The minimum atomic E-state index is -0.877. The van der Waals surface area contributed by atoms with Crippen LogP contribution in [0.15, 0.2) is 0 Å². The van der Waals surface area contributed by atoms with Crippen LogP contribution in [0, 0.1) is 0 Å². The number of hydrogen-bond donors (Lipinski definition) is 2. The third-order valence-electron chi connectivity index (χ3n) is 1.86. The van der Waals surface area contributed by atoms with Gasteiger partial charge in [-0.3, -0.25) is 4.79 Å². The molecule has 1 heterocycles. The maximum absolute atomic E-state index is 11.0. The molecule has 0 saturated carbocycles. The fraction of sp³-hybridized carbons (Fsp3) is 0.714. The lowest BCUT2D eigenvalue weighted by molar-refractivity contribution is -0.137. The van der Waals surface area contributed by atoms with Crippen LogP contribution in [-0.2, 0) is 4.79 Å². The smallest absolute Gasteiger partial charge is 0.317 e. The van der Waals surface area contributed by atoms with E-state index in [-0.39, 0.29) is 18.5 Å². The summed E-state index contributed by atoms with van der Waals surface area (Å²) in [5.74, 6) is -0.877. The Balaban J connectivity index is 2.43. The molecule has 1 atom stereocenters. The largest absolute Gasteiger partial charge is 0.481 e. The molecule has 1 unspecified atom stereocenters. The molecule has 0 radical (unpaired) electrons. The topological polar surface area (TPSA) is 69.6 Å². The third kappa shape index (κ3) is 1.87. The van der Waals surface area contributed by atoms with Gasteiger partial charge in [0.2, 0.25) is 0 Å².